The number of hydrogen-bond acceptors (Lipinski definition) is 21. The van der Waals surface area contributed by atoms with Crippen molar-refractivity contribution in [2.75, 3.05) is 29.3 Å². The topological polar surface area (TPSA) is 402 Å². The molecule has 4 aromatic heterocycles. The summed E-state index contributed by atoms with van der Waals surface area (Å²) in [5.41, 5.74) is 7.70. The number of aryl methyl sites for hydroxylation is 2. The lowest BCUT2D eigenvalue weighted by Crippen LogP contribution is -2.35. The molecule has 50 heavy (non-hydrogen) atoms. The molecule has 8 N–H and O–H groups in total. The summed E-state index contributed by atoms with van der Waals surface area (Å²) in [6.45, 7) is -1.30. The van der Waals surface area contributed by atoms with Crippen LogP contribution < -0.4 is 41.8 Å². The number of rotatable bonds is 14. The van der Waals surface area contributed by atoms with Gasteiger partial charge in [-0.05, 0) is 6.42 Å². The van der Waals surface area contributed by atoms with Gasteiger partial charge < -0.3 is 50.2 Å². The predicted molar refractivity (Wildman–Crippen MR) is 159 cm³/mol. The number of aromatic nitrogens is 8. The summed E-state index contributed by atoms with van der Waals surface area (Å²) in [4.78, 5) is 77.0. The number of phosphoric acid groups is 2. The molecule has 1 saturated heterocycles. The molecule has 4 aromatic rings. The van der Waals surface area contributed by atoms with E-state index in [0.29, 0.717) is 0 Å². The lowest BCUT2D eigenvalue weighted by Gasteiger charge is -2.35. The molecule has 0 bridgehead atoms. The van der Waals surface area contributed by atoms with Gasteiger partial charge in [0.1, 0.15) is 23.8 Å². The molecular formula is C20H27N10O16P3S-2. The Bertz CT molecular complexity index is 2320. The number of aliphatic hydroxyl groups excluding tert-OH is 2. The third kappa shape index (κ3) is 8.37. The number of fused-ring (bicyclic) bond motifs is 2. The quantitative estimate of drug-likeness (QED) is 0.0513. The van der Waals surface area contributed by atoms with Crippen molar-refractivity contribution in [3.63, 3.8) is 0 Å². The molecule has 0 radical (unpaired) electrons. The van der Waals surface area contributed by atoms with Crippen molar-refractivity contribution in [1.29, 1.82) is 0 Å². The Morgan fingerprint density at radius 3 is 2.40 bits per heavy atom. The second-order valence-corrected chi connectivity index (χ2v) is 18.3. The van der Waals surface area contributed by atoms with Gasteiger partial charge >= 0.3 is 5.65 Å². The SMILES string of the molecule is Cn1c[n+](CCCS(=O)(=O)CP(=O)([O-])OP(=O)([O-])OP(=O)([O-])OCC2OC(n3cnc4c(=O)[nH]c(N)nc43)C(O)C2O)c2nc(N)[nH]c(=O)c21. The Balaban J connectivity index is 1.15. The Morgan fingerprint density at radius 2 is 1.70 bits per heavy atom. The third-order valence-corrected chi connectivity index (χ3v) is 14.5. The minimum atomic E-state index is -6.37. The van der Waals surface area contributed by atoms with Crippen LogP contribution in [0.3, 0.4) is 0 Å². The molecule has 0 aromatic carbocycles. The number of aliphatic hydroxyl groups is 2. The smallest absolute Gasteiger partial charge is 0.311 e. The van der Waals surface area contributed by atoms with Gasteiger partial charge in [0, 0.05) is 0 Å². The first-order valence-corrected chi connectivity index (χ1v) is 20.2. The van der Waals surface area contributed by atoms with Gasteiger partial charge in [-0.3, -0.25) is 42.1 Å². The highest BCUT2D eigenvalue weighted by atomic mass is 32.2. The maximum absolute atomic E-state index is 12.5. The molecule has 5 heterocycles. The van der Waals surface area contributed by atoms with Crippen molar-refractivity contribution < 1.29 is 69.5 Å². The number of phosphoric ester groups is 1. The van der Waals surface area contributed by atoms with E-state index in [9.17, 15) is 56.6 Å². The van der Waals surface area contributed by atoms with E-state index >= 15 is 0 Å². The first kappa shape index (κ1) is 37.8. The molecule has 0 amide bonds. The normalized spacial score (nSPS) is 23.6. The second kappa shape index (κ2) is 13.6. The zero-order valence-corrected chi connectivity index (χ0v) is 28.7. The number of anilines is 2. The number of nitrogens with one attached hydrogen (secondary N) is 2. The average Bonchev–Trinajstić information content (AvgIpc) is 3.59. The van der Waals surface area contributed by atoms with Crippen molar-refractivity contribution >= 4 is 67.3 Å². The van der Waals surface area contributed by atoms with E-state index in [1.165, 1.54) is 22.5 Å². The second-order valence-electron chi connectivity index (χ2n) is 10.8. The van der Waals surface area contributed by atoms with Crippen LogP contribution in [0.1, 0.15) is 12.6 Å². The standard InChI is InChI=1S/C20H29N10O16P3S/c1-28-7-29(15-11(28)17(34)27-20(22)25-15)3-2-4-50(41,42)8-47(35,36)45-49(39,40)46-48(37,38)43-5-9-12(31)13(32)18(44-9)30-6-23-10-14(30)24-19(21)26-16(10)33/h6-7,9,12-13,18,31-32H,2-5,8H2,1H3,(H8-,21,22,24,25,26,27,33,34,35,36,37,38,39,40)/p-2. The molecule has 276 valence electrons. The van der Waals surface area contributed by atoms with Crippen LogP contribution >= 0.6 is 23.2 Å². The summed E-state index contributed by atoms with van der Waals surface area (Å²) in [5.74, 6) is -1.37. The molecule has 1 aliphatic heterocycles. The van der Waals surface area contributed by atoms with Crippen molar-refractivity contribution in [1.82, 2.24) is 34.1 Å². The first-order chi connectivity index (χ1) is 23.1. The zero-order valence-electron chi connectivity index (χ0n) is 25.2. The number of imidazole rings is 2. The van der Waals surface area contributed by atoms with Crippen LogP contribution in [0, 0.1) is 0 Å². The number of ether oxygens (including phenoxy) is 1. The zero-order chi connectivity index (χ0) is 37.0. The number of nitrogens with two attached hydrogens (primary N) is 2. The molecule has 1 aliphatic rings. The molecule has 7 unspecified atom stereocenters. The van der Waals surface area contributed by atoms with E-state index in [1.807, 2.05) is 0 Å². The third-order valence-electron chi connectivity index (χ3n) is 6.92. The number of nitrogens with zero attached hydrogens (tertiary/aromatic N) is 6. The first-order valence-electron chi connectivity index (χ1n) is 13.7. The summed E-state index contributed by atoms with van der Waals surface area (Å²) >= 11 is 0. The molecule has 1 fully saturated rings. The fourth-order valence-corrected chi connectivity index (χ4v) is 11.7. The molecule has 0 aliphatic carbocycles. The maximum Gasteiger partial charge on any atom is 0.311 e. The van der Waals surface area contributed by atoms with Gasteiger partial charge in [-0.25, -0.2) is 22.3 Å². The lowest BCUT2D eigenvalue weighted by molar-refractivity contribution is -0.673. The van der Waals surface area contributed by atoms with Crippen LogP contribution in [0.25, 0.3) is 22.3 Å². The fourth-order valence-electron chi connectivity index (χ4n) is 4.96. The number of sulfone groups is 1. The fraction of sp³-hybridized carbons (Fsp3) is 0.500. The van der Waals surface area contributed by atoms with Gasteiger partial charge in [-0.2, -0.15) is 4.98 Å². The van der Waals surface area contributed by atoms with Crippen LogP contribution in [-0.2, 0) is 55.0 Å². The van der Waals surface area contributed by atoms with E-state index in [-0.39, 0.29) is 47.2 Å². The largest absolute Gasteiger partial charge is 0.778 e. The molecule has 0 saturated carbocycles. The van der Waals surface area contributed by atoms with E-state index in [1.54, 1.807) is 0 Å². The Kier molecular flexibility index (Phi) is 10.3. The number of hydrogen-bond donors (Lipinski definition) is 6. The van der Waals surface area contributed by atoms with E-state index in [4.69, 9.17) is 16.2 Å². The highest BCUT2D eigenvalue weighted by molar-refractivity contribution is 7.97. The molecule has 5 rings (SSSR count). The summed E-state index contributed by atoms with van der Waals surface area (Å²) in [6.07, 6.45) is -4.74. The number of H-pyrrole nitrogens is 2. The Labute approximate surface area is 277 Å². The highest BCUT2D eigenvalue weighted by Gasteiger charge is 2.45. The lowest BCUT2D eigenvalue weighted by atomic mass is 10.1. The predicted octanol–water partition coefficient (Wildman–Crippen LogP) is -5.23. The van der Waals surface area contributed by atoms with E-state index in [0.717, 1.165) is 10.9 Å². The van der Waals surface area contributed by atoms with E-state index < -0.39 is 86.6 Å². The van der Waals surface area contributed by atoms with Gasteiger partial charge in [0.05, 0.1) is 32.3 Å². The molecular weight excluding hydrogens is 761 g/mol. The summed E-state index contributed by atoms with van der Waals surface area (Å²) in [7, 11) is -21.4. The van der Waals surface area contributed by atoms with Crippen molar-refractivity contribution in [3.05, 3.63) is 33.4 Å². The minimum Gasteiger partial charge on any atom is -0.778 e. The van der Waals surface area contributed by atoms with Gasteiger partial charge in [0.2, 0.25) is 11.5 Å². The summed E-state index contributed by atoms with van der Waals surface area (Å²) < 4.78 is 82.8. The van der Waals surface area contributed by atoms with Crippen LogP contribution in [0.15, 0.2) is 22.2 Å². The summed E-state index contributed by atoms with van der Waals surface area (Å²) in [6, 6.07) is 0. The monoisotopic (exact) mass is 788 g/mol. The van der Waals surface area contributed by atoms with Gasteiger partial charge in [-0.1, -0.05) is 4.98 Å². The average molecular weight is 788 g/mol. The van der Waals surface area contributed by atoms with E-state index in [2.05, 4.69) is 38.1 Å². The van der Waals surface area contributed by atoms with Crippen LogP contribution in [0.4, 0.5) is 11.9 Å². The van der Waals surface area contributed by atoms with Crippen molar-refractivity contribution in [2.24, 2.45) is 7.05 Å². The van der Waals surface area contributed by atoms with Gasteiger partial charge in [0.15, 0.2) is 41.2 Å². The molecule has 30 heteroatoms. The minimum absolute atomic E-state index is 0.0994. The van der Waals surface area contributed by atoms with Crippen LogP contribution in [0.2, 0.25) is 0 Å². The summed E-state index contributed by atoms with van der Waals surface area (Å²) in [5, 5.41) is 20.8. The maximum atomic E-state index is 12.5. The number of aromatic amines is 2. The van der Waals surface area contributed by atoms with Crippen LogP contribution in [-0.4, -0.2) is 88.9 Å². The highest BCUT2D eigenvalue weighted by Crippen LogP contribution is 2.63. The van der Waals surface area contributed by atoms with Crippen molar-refractivity contribution in [2.45, 2.75) is 37.5 Å². The molecule has 7 atom stereocenters. The Hall–Kier alpha value is -3.42. The van der Waals surface area contributed by atoms with Gasteiger partial charge in [-0.15, -0.1) is 0 Å². The van der Waals surface area contributed by atoms with Crippen molar-refractivity contribution in [3.8, 4) is 0 Å². The van der Waals surface area contributed by atoms with Gasteiger partial charge in [0.25, 0.3) is 32.7 Å². The molecule has 26 nitrogen and oxygen atoms in total. The van der Waals surface area contributed by atoms with Crippen LogP contribution in [0.5, 0.6) is 0 Å². The number of nitrogen functional groups attached to an aromatic ring is 2. The Morgan fingerprint density at radius 1 is 1.04 bits per heavy atom. The molecule has 0 spiro atoms.